The number of piperazine rings is 1. The molecule has 3 aliphatic rings. The number of aromatic nitrogens is 3. The number of likely N-dealkylation sites (N-methyl/N-ethyl adjacent to an activating group) is 1. The monoisotopic (exact) mass is 476 g/mol. The van der Waals surface area contributed by atoms with Gasteiger partial charge in [-0.3, -0.25) is 14.3 Å². The highest BCUT2D eigenvalue weighted by Gasteiger charge is 2.26. The number of fused-ring (bicyclic) bond motifs is 3. The third kappa shape index (κ3) is 4.79. The molecule has 2 saturated carbocycles. The van der Waals surface area contributed by atoms with E-state index < -0.39 is 0 Å². The van der Waals surface area contributed by atoms with Crippen LogP contribution in [-0.4, -0.2) is 75.3 Å². The van der Waals surface area contributed by atoms with Gasteiger partial charge in [0.1, 0.15) is 5.65 Å². The SMILES string of the molecule is CN1CCN(Cc2ccc3c(c2)c(=O)n(C2CCC(O)CC2)c2nc(NCC4CC4)ncc32)CC1. The summed E-state index contributed by atoms with van der Waals surface area (Å²) in [7, 11) is 2.17. The average molecular weight is 477 g/mol. The predicted octanol–water partition coefficient (Wildman–Crippen LogP) is 2.99. The summed E-state index contributed by atoms with van der Waals surface area (Å²) in [5, 5.41) is 16.0. The van der Waals surface area contributed by atoms with Gasteiger partial charge in [0.05, 0.1) is 6.10 Å². The van der Waals surface area contributed by atoms with Crippen LogP contribution in [0.25, 0.3) is 21.8 Å². The molecule has 1 aliphatic heterocycles. The molecule has 2 aliphatic carbocycles. The van der Waals surface area contributed by atoms with E-state index in [0.717, 1.165) is 81.1 Å². The van der Waals surface area contributed by atoms with Crippen LogP contribution in [0, 0.1) is 5.92 Å². The second-order valence-electron chi connectivity index (χ2n) is 10.9. The van der Waals surface area contributed by atoms with Crippen LogP contribution in [0.15, 0.2) is 29.2 Å². The van der Waals surface area contributed by atoms with Gasteiger partial charge in [-0.2, -0.15) is 4.98 Å². The van der Waals surface area contributed by atoms with Crippen molar-refractivity contribution in [2.45, 2.75) is 57.2 Å². The summed E-state index contributed by atoms with van der Waals surface area (Å²) < 4.78 is 1.91. The third-order valence-electron chi connectivity index (χ3n) is 8.10. The minimum atomic E-state index is -0.269. The molecule has 0 amide bonds. The van der Waals surface area contributed by atoms with Gasteiger partial charge in [-0.05, 0) is 68.5 Å². The van der Waals surface area contributed by atoms with E-state index in [1.165, 1.54) is 18.4 Å². The van der Waals surface area contributed by atoms with Crippen molar-refractivity contribution in [2.75, 3.05) is 45.1 Å². The molecule has 0 unspecified atom stereocenters. The Morgan fingerprint density at radius 2 is 1.77 bits per heavy atom. The number of nitrogens with zero attached hydrogens (tertiary/aromatic N) is 5. The summed E-state index contributed by atoms with van der Waals surface area (Å²) in [6, 6.07) is 6.37. The zero-order chi connectivity index (χ0) is 23.9. The lowest BCUT2D eigenvalue weighted by Gasteiger charge is -2.32. The second-order valence-corrected chi connectivity index (χ2v) is 10.9. The number of benzene rings is 1. The zero-order valence-electron chi connectivity index (χ0n) is 20.6. The Bertz CT molecular complexity index is 1270. The number of hydrogen-bond acceptors (Lipinski definition) is 7. The van der Waals surface area contributed by atoms with E-state index in [-0.39, 0.29) is 17.7 Å². The predicted molar refractivity (Wildman–Crippen MR) is 139 cm³/mol. The number of anilines is 1. The van der Waals surface area contributed by atoms with E-state index in [2.05, 4.69) is 45.3 Å². The molecule has 0 spiro atoms. The minimum absolute atomic E-state index is 0.0287. The minimum Gasteiger partial charge on any atom is -0.393 e. The fourth-order valence-electron chi connectivity index (χ4n) is 5.64. The smallest absolute Gasteiger partial charge is 0.260 e. The second kappa shape index (κ2) is 9.48. The van der Waals surface area contributed by atoms with Crippen molar-refractivity contribution in [1.29, 1.82) is 0 Å². The molecule has 0 radical (unpaired) electrons. The zero-order valence-corrected chi connectivity index (χ0v) is 20.6. The largest absolute Gasteiger partial charge is 0.393 e. The fraction of sp³-hybridized carbons (Fsp3) is 0.593. The highest BCUT2D eigenvalue weighted by Crippen LogP contribution is 2.33. The number of hydrogen-bond donors (Lipinski definition) is 2. The molecule has 2 aromatic heterocycles. The summed E-state index contributed by atoms with van der Waals surface area (Å²) in [5.41, 5.74) is 1.91. The molecule has 6 rings (SSSR count). The summed E-state index contributed by atoms with van der Waals surface area (Å²) in [6.07, 6.45) is 7.15. The molecule has 0 atom stereocenters. The average Bonchev–Trinajstić information content (AvgIpc) is 3.70. The summed E-state index contributed by atoms with van der Waals surface area (Å²) >= 11 is 0. The lowest BCUT2D eigenvalue weighted by Crippen LogP contribution is -2.43. The maximum Gasteiger partial charge on any atom is 0.260 e. The van der Waals surface area contributed by atoms with Gasteiger partial charge < -0.3 is 15.3 Å². The van der Waals surface area contributed by atoms with Gasteiger partial charge >= 0.3 is 0 Å². The van der Waals surface area contributed by atoms with Crippen molar-refractivity contribution in [3.05, 3.63) is 40.3 Å². The molecule has 8 nitrogen and oxygen atoms in total. The quantitative estimate of drug-likeness (QED) is 0.529. The third-order valence-corrected chi connectivity index (χ3v) is 8.10. The van der Waals surface area contributed by atoms with Crippen molar-refractivity contribution in [2.24, 2.45) is 5.92 Å². The van der Waals surface area contributed by atoms with Crippen LogP contribution in [0.4, 0.5) is 5.95 Å². The van der Waals surface area contributed by atoms with Gasteiger partial charge in [-0.1, -0.05) is 12.1 Å². The van der Waals surface area contributed by atoms with Crippen molar-refractivity contribution in [3.63, 3.8) is 0 Å². The number of aliphatic hydroxyl groups is 1. The van der Waals surface area contributed by atoms with E-state index >= 15 is 0 Å². The molecule has 8 heteroatoms. The van der Waals surface area contributed by atoms with Crippen molar-refractivity contribution in [1.82, 2.24) is 24.3 Å². The lowest BCUT2D eigenvalue weighted by molar-refractivity contribution is 0.111. The molecule has 0 bridgehead atoms. The molecule has 3 heterocycles. The summed E-state index contributed by atoms with van der Waals surface area (Å²) in [6.45, 7) is 5.99. The van der Waals surface area contributed by atoms with E-state index in [0.29, 0.717) is 17.5 Å². The molecule has 3 fully saturated rings. The maximum absolute atomic E-state index is 14.0. The Kier molecular flexibility index (Phi) is 6.20. The van der Waals surface area contributed by atoms with Gasteiger partial charge in [-0.15, -0.1) is 0 Å². The standard InChI is InChI=1S/C27H36N6O2/c1-31-10-12-32(13-11-31)17-19-4-9-22-23(14-19)26(35)33(20-5-7-21(34)8-6-20)25-24(22)16-29-27(30-25)28-15-18-2-3-18/h4,9,14,16,18,20-21,34H,2-3,5-8,10-13,15,17H2,1H3,(H,28,29,30). The van der Waals surface area contributed by atoms with Crippen LogP contribution in [0.1, 0.15) is 50.1 Å². The van der Waals surface area contributed by atoms with E-state index in [1.54, 1.807) is 0 Å². The molecule has 2 N–H and O–H groups in total. The van der Waals surface area contributed by atoms with Gasteiger partial charge in [0.25, 0.3) is 5.56 Å². The van der Waals surface area contributed by atoms with E-state index in [4.69, 9.17) is 4.98 Å². The Morgan fingerprint density at radius 3 is 2.51 bits per heavy atom. The normalized spacial score (nSPS) is 24.3. The van der Waals surface area contributed by atoms with Gasteiger partial charge in [0.15, 0.2) is 0 Å². The van der Waals surface area contributed by atoms with Crippen LogP contribution in [-0.2, 0) is 6.54 Å². The van der Waals surface area contributed by atoms with Gasteiger partial charge in [0.2, 0.25) is 5.95 Å². The van der Waals surface area contributed by atoms with Crippen LogP contribution >= 0.6 is 0 Å². The first-order chi connectivity index (χ1) is 17.0. The molecular weight excluding hydrogens is 440 g/mol. The molecule has 3 aromatic rings. The topological polar surface area (TPSA) is 86.5 Å². The lowest BCUT2D eigenvalue weighted by atomic mass is 9.92. The Hall–Kier alpha value is -2.55. The fourth-order valence-corrected chi connectivity index (χ4v) is 5.64. The molecule has 1 aromatic carbocycles. The maximum atomic E-state index is 14.0. The van der Waals surface area contributed by atoms with Gasteiger partial charge in [0, 0.05) is 62.3 Å². The Balaban J connectivity index is 1.42. The van der Waals surface area contributed by atoms with Crippen molar-refractivity contribution < 1.29 is 5.11 Å². The first-order valence-corrected chi connectivity index (χ1v) is 13.2. The van der Waals surface area contributed by atoms with E-state index in [9.17, 15) is 9.90 Å². The number of nitrogens with one attached hydrogen (secondary N) is 1. The Morgan fingerprint density at radius 1 is 1.00 bits per heavy atom. The highest BCUT2D eigenvalue weighted by atomic mass is 16.3. The molecule has 186 valence electrons. The van der Waals surface area contributed by atoms with Gasteiger partial charge in [-0.25, -0.2) is 4.98 Å². The van der Waals surface area contributed by atoms with Crippen molar-refractivity contribution in [3.8, 4) is 0 Å². The molecule has 35 heavy (non-hydrogen) atoms. The number of pyridine rings is 1. The first-order valence-electron chi connectivity index (χ1n) is 13.2. The number of aliphatic hydroxyl groups excluding tert-OH is 1. The van der Waals surface area contributed by atoms with Crippen LogP contribution in [0.2, 0.25) is 0 Å². The van der Waals surface area contributed by atoms with Crippen LogP contribution in [0.3, 0.4) is 0 Å². The summed E-state index contributed by atoms with van der Waals surface area (Å²) in [4.78, 5) is 28.3. The van der Waals surface area contributed by atoms with Crippen molar-refractivity contribution >= 4 is 27.8 Å². The molecule has 1 saturated heterocycles. The molecular formula is C27H36N6O2. The Labute approximate surface area is 206 Å². The highest BCUT2D eigenvalue weighted by molar-refractivity contribution is 6.04. The van der Waals surface area contributed by atoms with Crippen LogP contribution in [0.5, 0.6) is 0 Å². The summed E-state index contributed by atoms with van der Waals surface area (Å²) in [5.74, 6) is 1.31. The van der Waals surface area contributed by atoms with Crippen LogP contribution < -0.4 is 10.9 Å². The first kappa shape index (κ1) is 22.9. The number of rotatable bonds is 6. The van der Waals surface area contributed by atoms with E-state index in [1.807, 2.05) is 10.8 Å².